The van der Waals surface area contributed by atoms with Crippen LogP contribution < -0.4 is 5.32 Å². The van der Waals surface area contributed by atoms with Gasteiger partial charge in [0.2, 0.25) is 11.8 Å². The molecular weight excluding hydrogens is 236 g/mol. The molecule has 0 atom stereocenters. The minimum absolute atomic E-state index is 0.0814. The molecule has 0 unspecified atom stereocenters. The van der Waals surface area contributed by atoms with Crippen LogP contribution in [0.3, 0.4) is 0 Å². The highest BCUT2D eigenvalue weighted by molar-refractivity contribution is 5.66. The van der Waals surface area contributed by atoms with Gasteiger partial charge in [0.1, 0.15) is 5.69 Å². The number of aromatic nitrogens is 2. The summed E-state index contributed by atoms with van der Waals surface area (Å²) in [5.74, 6) is -0.0783. The van der Waals surface area contributed by atoms with Crippen LogP contribution in [0.4, 0.5) is 17.3 Å². The van der Waals surface area contributed by atoms with E-state index in [1.54, 1.807) is 25.1 Å². The van der Waals surface area contributed by atoms with Crippen molar-refractivity contribution in [2.45, 2.75) is 6.92 Å². The fourth-order valence-electron chi connectivity index (χ4n) is 1.47. The molecule has 7 heteroatoms. The molecule has 0 saturated heterocycles. The van der Waals surface area contributed by atoms with Crippen LogP contribution in [0, 0.1) is 17.0 Å². The van der Waals surface area contributed by atoms with E-state index in [9.17, 15) is 15.2 Å². The lowest BCUT2D eigenvalue weighted by Crippen LogP contribution is -2.01. The molecule has 92 valence electrons. The number of benzene rings is 1. The molecule has 0 saturated carbocycles. The zero-order valence-corrected chi connectivity index (χ0v) is 9.49. The van der Waals surface area contributed by atoms with E-state index in [2.05, 4.69) is 15.3 Å². The summed E-state index contributed by atoms with van der Waals surface area (Å²) in [5.41, 5.74) is 0.748. The average molecular weight is 246 g/mol. The van der Waals surface area contributed by atoms with Gasteiger partial charge in [0.25, 0.3) is 5.69 Å². The number of para-hydroxylation sites is 2. The molecule has 0 aliphatic rings. The van der Waals surface area contributed by atoms with Crippen LogP contribution >= 0.6 is 0 Å². The first-order valence-corrected chi connectivity index (χ1v) is 5.11. The van der Waals surface area contributed by atoms with Crippen molar-refractivity contribution in [1.82, 2.24) is 9.97 Å². The van der Waals surface area contributed by atoms with Gasteiger partial charge in [0.15, 0.2) is 0 Å². The number of anilines is 2. The zero-order chi connectivity index (χ0) is 13.1. The molecule has 1 aromatic carbocycles. The molecule has 1 heterocycles. The van der Waals surface area contributed by atoms with Crippen molar-refractivity contribution in [2.24, 2.45) is 0 Å². The third-order valence-electron chi connectivity index (χ3n) is 2.19. The minimum atomic E-state index is -0.502. The highest BCUT2D eigenvalue weighted by atomic mass is 16.6. The number of nitro benzene ring substituents is 1. The maximum absolute atomic E-state index is 10.8. The Morgan fingerprint density at radius 2 is 2.06 bits per heavy atom. The summed E-state index contributed by atoms with van der Waals surface area (Å²) in [6, 6.07) is 7.53. The van der Waals surface area contributed by atoms with E-state index < -0.39 is 4.92 Å². The number of hydrogen-bond acceptors (Lipinski definition) is 6. The van der Waals surface area contributed by atoms with Gasteiger partial charge >= 0.3 is 0 Å². The summed E-state index contributed by atoms with van der Waals surface area (Å²) in [6.07, 6.45) is 0. The molecule has 2 aromatic rings. The van der Waals surface area contributed by atoms with Crippen molar-refractivity contribution in [3.05, 3.63) is 46.1 Å². The number of nitrogens with zero attached hydrogens (tertiary/aromatic N) is 3. The standard InChI is InChI=1S/C11H10N4O3/c1-7-6-10(16)14-11(12-7)13-8-4-2-3-5-9(8)15(17)18/h2-6H,1H3,(H2,12,13,14,16). The number of hydrogen-bond donors (Lipinski definition) is 2. The molecule has 1 aromatic heterocycles. The van der Waals surface area contributed by atoms with Crippen LogP contribution in [-0.2, 0) is 0 Å². The zero-order valence-electron chi connectivity index (χ0n) is 9.49. The van der Waals surface area contributed by atoms with Crippen molar-refractivity contribution in [3.63, 3.8) is 0 Å². The summed E-state index contributed by atoms with van der Waals surface area (Å²) in [6.45, 7) is 1.69. The predicted octanol–water partition coefficient (Wildman–Crippen LogP) is 2.14. The van der Waals surface area contributed by atoms with Gasteiger partial charge in [-0.25, -0.2) is 4.98 Å². The van der Waals surface area contributed by atoms with Crippen molar-refractivity contribution in [3.8, 4) is 5.88 Å². The maximum atomic E-state index is 10.8. The summed E-state index contributed by atoms with van der Waals surface area (Å²) in [4.78, 5) is 18.1. The lowest BCUT2D eigenvalue weighted by atomic mass is 10.3. The van der Waals surface area contributed by atoms with Crippen molar-refractivity contribution in [1.29, 1.82) is 0 Å². The Hall–Kier alpha value is -2.70. The number of aromatic hydroxyl groups is 1. The first-order valence-electron chi connectivity index (χ1n) is 5.11. The Labute approximate surface area is 102 Å². The summed E-state index contributed by atoms with van der Waals surface area (Å²) < 4.78 is 0. The van der Waals surface area contributed by atoms with E-state index in [1.165, 1.54) is 12.1 Å². The third-order valence-corrected chi connectivity index (χ3v) is 2.19. The Morgan fingerprint density at radius 1 is 1.33 bits per heavy atom. The smallest absolute Gasteiger partial charge is 0.292 e. The van der Waals surface area contributed by atoms with Gasteiger partial charge in [-0.3, -0.25) is 10.1 Å². The number of nitrogens with one attached hydrogen (secondary N) is 1. The molecule has 0 amide bonds. The second-order valence-corrected chi connectivity index (χ2v) is 3.59. The highest BCUT2D eigenvalue weighted by Crippen LogP contribution is 2.26. The van der Waals surface area contributed by atoms with Crippen LogP contribution in [0.5, 0.6) is 5.88 Å². The molecule has 18 heavy (non-hydrogen) atoms. The van der Waals surface area contributed by atoms with Crippen LogP contribution in [-0.4, -0.2) is 20.0 Å². The molecule has 0 radical (unpaired) electrons. The first-order chi connectivity index (χ1) is 8.56. The number of nitro groups is 1. The molecule has 0 spiro atoms. The van der Waals surface area contributed by atoms with Gasteiger partial charge in [-0.1, -0.05) is 12.1 Å². The van der Waals surface area contributed by atoms with Crippen molar-refractivity contribution < 1.29 is 10.0 Å². The molecule has 0 fully saturated rings. The van der Waals surface area contributed by atoms with Gasteiger partial charge in [0.05, 0.1) is 4.92 Å². The quantitative estimate of drug-likeness (QED) is 0.635. The molecule has 7 nitrogen and oxygen atoms in total. The number of rotatable bonds is 3. The summed E-state index contributed by atoms with van der Waals surface area (Å²) >= 11 is 0. The van der Waals surface area contributed by atoms with Gasteiger partial charge < -0.3 is 10.4 Å². The van der Waals surface area contributed by atoms with Crippen molar-refractivity contribution >= 4 is 17.3 Å². The minimum Gasteiger partial charge on any atom is -0.493 e. The van der Waals surface area contributed by atoms with E-state index in [4.69, 9.17) is 0 Å². The monoisotopic (exact) mass is 246 g/mol. The first kappa shape index (κ1) is 11.8. The number of aryl methyl sites for hydroxylation is 1. The van der Waals surface area contributed by atoms with Crippen molar-refractivity contribution in [2.75, 3.05) is 5.32 Å². The second-order valence-electron chi connectivity index (χ2n) is 3.59. The average Bonchev–Trinajstić information content (AvgIpc) is 2.27. The largest absolute Gasteiger partial charge is 0.493 e. The van der Waals surface area contributed by atoms with E-state index in [1.807, 2.05) is 0 Å². The van der Waals surface area contributed by atoms with E-state index in [0.29, 0.717) is 5.69 Å². The topological polar surface area (TPSA) is 101 Å². The Kier molecular flexibility index (Phi) is 3.05. The fourth-order valence-corrected chi connectivity index (χ4v) is 1.47. The Balaban J connectivity index is 2.37. The van der Waals surface area contributed by atoms with Gasteiger partial charge in [-0.15, -0.1) is 0 Å². The lowest BCUT2D eigenvalue weighted by Gasteiger charge is -2.06. The third kappa shape index (κ3) is 2.51. The second kappa shape index (κ2) is 4.66. The lowest BCUT2D eigenvalue weighted by molar-refractivity contribution is -0.383. The molecular formula is C11H10N4O3. The molecule has 0 bridgehead atoms. The van der Waals surface area contributed by atoms with E-state index in [-0.39, 0.29) is 23.2 Å². The van der Waals surface area contributed by atoms with Crippen LogP contribution in [0.1, 0.15) is 5.69 Å². The SMILES string of the molecule is Cc1cc(O)nc(Nc2ccccc2[N+](=O)[O-])n1. The highest BCUT2D eigenvalue weighted by Gasteiger charge is 2.13. The molecule has 0 aliphatic carbocycles. The van der Waals surface area contributed by atoms with Crippen LogP contribution in [0.25, 0.3) is 0 Å². The molecule has 2 N–H and O–H groups in total. The molecule has 0 aliphatic heterocycles. The summed E-state index contributed by atoms with van der Waals surface area (Å²) in [7, 11) is 0. The van der Waals surface area contributed by atoms with Crippen LogP contribution in [0.2, 0.25) is 0 Å². The fraction of sp³-hybridized carbons (Fsp3) is 0.0909. The van der Waals surface area contributed by atoms with Gasteiger partial charge in [0, 0.05) is 17.8 Å². The van der Waals surface area contributed by atoms with Gasteiger partial charge in [-0.2, -0.15) is 4.98 Å². The maximum Gasteiger partial charge on any atom is 0.292 e. The summed E-state index contributed by atoms with van der Waals surface area (Å²) in [5, 5.41) is 22.9. The van der Waals surface area contributed by atoms with E-state index in [0.717, 1.165) is 0 Å². The predicted molar refractivity (Wildman–Crippen MR) is 64.8 cm³/mol. The molecule has 2 rings (SSSR count). The normalized spacial score (nSPS) is 10.1. The van der Waals surface area contributed by atoms with Crippen LogP contribution in [0.15, 0.2) is 30.3 Å². The van der Waals surface area contributed by atoms with E-state index >= 15 is 0 Å². The Bertz CT molecular complexity index is 580. The Morgan fingerprint density at radius 3 is 2.72 bits per heavy atom. The van der Waals surface area contributed by atoms with Gasteiger partial charge in [-0.05, 0) is 13.0 Å².